The van der Waals surface area contributed by atoms with E-state index in [2.05, 4.69) is 33.0 Å². The van der Waals surface area contributed by atoms with Crippen LogP contribution in [0.5, 0.6) is 0 Å². The molecule has 0 radical (unpaired) electrons. The van der Waals surface area contributed by atoms with Crippen LogP contribution in [0.4, 0.5) is 5.13 Å². The molecule has 158 valence electrons. The molecule has 4 fully saturated rings. The largest absolute Gasteiger partial charge is 0.347 e. The molecule has 6 rings (SSSR count). The van der Waals surface area contributed by atoms with Crippen molar-refractivity contribution < 1.29 is 9.59 Å². The van der Waals surface area contributed by atoms with Gasteiger partial charge in [-0.1, -0.05) is 53.4 Å². The quantitative estimate of drug-likeness (QED) is 0.498. The maximum Gasteiger partial charge on any atom is 0.245 e. The van der Waals surface area contributed by atoms with Gasteiger partial charge in [0.1, 0.15) is 0 Å². The standard InChI is InChI=1S/C22H26N4O2S2/c27-18(24-20-25-26-21(30-20)29-13-14-4-2-1-3-5-14)12-23-19(28)22-9-15-6-16(10-22)8-17(7-15)11-22/h1-5,15-17H,6-13H2,(H,23,28)(H,24,25,27). The molecule has 1 aromatic heterocycles. The predicted octanol–water partition coefficient (Wildman–Crippen LogP) is 4.10. The minimum absolute atomic E-state index is 0.00729. The van der Waals surface area contributed by atoms with E-state index in [0.717, 1.165) is 29.4 Å². The zero-order chi connectivity index (χ0) is 20.6. The van der Waals surface area contributed by atoms with Crippen molar-refractivity contribution in [2.24, 2.45) is 23.2 Å². The van der Waals surface area contributed by atoms with Crippen LogP contribution in [0.25, 0.3) is 0 Å². The minimum atomic E-state index is -0.246. The van der Waals surface area contributed by atoms with Gasteiger partial charge in [-0.05, 0) is 61.8 Å². The number of carbonyl (C=O) groups excluding carboxylic acids is 2. The van der Waals surface area contributed by atoms with Crippen molar-refractivity contribution in [3.8, 4) is 0 Å². The molecule has 0 saturated heterocycles. The molecule has 6 nitrogen and oxygen atoms in total. The Morgan fingerprint density at radius 1 is 1.03 bits per heavy atom. The molecule has 4 saturated carbocycles. The Hall–Kier alpha value is -1.93. The average molecular weight is 443 g/mol. The van der Waals surface area contributed by atoms with E-state index in [4.69, 9.17) is 0 Å². The summed E-state index contributed by atoms with van der Waals surface area (Å²) < 4.78 is 0.812. The van der Waals surface area contributed by atoms with E-state index in [0.29, 0.717) is 22.9 Å². The normalized spacial score (nSPS) is 29.0. The molecular formula is C22H26N4O2S2. The number of anilines is 1. The molecular weight excluding hydrogens is 416 g/mol. The lowest BCUT2D eigenvalue weighted by atomic mass is 9.49. The Kier molecular flexibility index (Phi) is 5.54. The summed E-state index contributed by atoms with van der Waals surface area (Å²) in [6.07, 6.45) is 6.92. The molecule has 4 aliphatic rings. The predicted molar refractivity (Wildman–Crippen MR) is 118 cm³/mol. The maximum absolute atomic E-state index is 13.0. The van der Waals surface area contributed by atoms with Crippen LogP contribution in [0.15, 0.2) is 34.7 Å². The van der Waals surface area contributed by atoms with E-state index >= 15 is 0 Å². The first-order valence-corrected chi connectivity index (χ1v) is 12.5. The van der Waals surface area contributed by atoms with Crippen molar-refractivity contribution in [3.05, 3.63) is 35.9 Å². The molecule has 4 bridgehead atoms. The molecule has 4 aliphatic carbocycles. The Labute approximate surface area is 184 Å². The Balaban J connectivity index is 1.10. The van der Waals surface area contributed by atoms with Crippen molar-refractivity contribution in [1.82, 2.24) is 15.5 Å². The van der Waals surface area contributed by atoms with Crippen molar-refractivity contribution in [2.75, 3.05) is 11.9 Å². The van der Waals surface area contributed by atoms with Crippen LogP contribution in [0.3, 0.4) is 0 Å². The van der Waals surface area contributed by atoms with Gasteiger partial charge in [-0.3, -0.25) is 14.9 Å². The van der Waals surface area contributed by atoms with Gasteiger partial charge >= 0.3 is 0 Å². The Morgan fingerprint density at radius 3 is 2.37 bits per heavy atom. The number of carbonyl (C=O) groups is 2. The average Bonchev–Trinajstić information content (AvgIpc) is 3.17. The SMILES string of the molecule is O=C(CNC(=O)C12CC3CC(CC(C3)C1)C2)Nc1nnc(SCc2ccccc2)s1. The second-order valence-electron chi connectivity index (χ2n) is 9.08. The number of rotatable bonds is 7. The molecule has 0 atom stereocenters. The van der Waals surface area contributed by atoms with Crippen LogP contribution < -0.4 is 10.6 Å². The number of hydrogen-bond donors (Lipinski definition) is 2. The van der Waals surface area contributed by atoms with Gasteiger partial charge in [0, 0.05) is 11.2 Å². The third kappa shape index (κ3) is 4.25. The van der Waals surface area contributed by atoms with E-state index in [-0.39, 0.29) is 23.8 Å². The number of aromatic nitrogens is 2. The fourth-order valence-electron chi connectivity index (χ4n) is 5.94. The van der Waals surface area contributed by atoms with Crippen LogP contribution in [-0.4, -0.2) is 28.6 Å². The third-order valence-electron chi connectivity index (χ3n) is 6.79. The molecule has 2 N–H and O–H groups in total. The number of nitrogens with one attached hydrogen (secondary N) is 2. The van der Waals surface area contributed by atoms with Crippen LogP contribution in [-0.2, 0) is 15.3 Å². The van der Waals surface area contributed by atoms with Crippen molar-refractivity contribution in [3.63, 3.8) is 0 Å². The summed E-state index contributed by atoms with van der Waals surface area (Å²) in [5, 5.41) is 14.3. The Bertz CT molecular complexity index is 895. The maximum atomic E-state index is 13.0. The lowest BCUT2D eigenvalue weighted by Crippen LogP contribution is -2.54. The van der Waals surface area contributed by atoms with E-state index in [1.807, 2.05) is 18.2 Å². The van der Waals surface area contributed by atoms with Gasteiger partial charge in [0.25, 0.3) is 0 Å². The van der Waals surface area contributed by atoms with Crippen molar-refractivity contribution in [1.29, 1.82) is 0 Å². The summed E-state index contributed by atoms with van der Waals surface area (Å²) >= 11 is 2.95. The second-order valence-corrected chi connectivity index (χ2v) is 11.3. The Morgan fingerprint density at radius 2 is 1.70 bits per heavy atom. The van der Waals surface area contributed by atoms with Gasteiger partial charge in [0.15, 0.2) is 4.34 Å². The highest BCUT2D eigenvalue weighted by molar-refractivity contribution is 8.00. The van der Waals surface area contributed by atoms with Gasteiger partial charge < -0.3 is 5.32 Å². The summed E-state index contributed by atoms with van der Waals surface area (Å²) in [5.74, 6) is 2.78. The van der Waals surface area contributed by atoms with Crippen LogP contribution >= 0.6 is 23.1 Å². The zero-order valence-corrected chi connectivity index (χ0v) is 18.4. The summed E-state index contributed by atoms with van der Waals surface area (Å²) in [7, 11) is 0. The number of nitrogens with zero attached hydrogens (tertiary/aromatic N) is 2. The fourth-order valence-corrected chi connectivity index (χ4v) is 7.66. The van der Waals surface area contributed by atoms with E-state index in [1.165, 1.54) is 36.2 Å². The highest BCUT2D eigenvalue weighted by Gasteiger charge is 2.54. The van der Waals surface area contributed by atoms with Gasteiger partial charge in [-0.2, -0.15) is 0 Å². The zero-order valence-electron chi connectivity index (χ0n) is 16.8. The van der Waals surface area contributed by atoms with Crippen LogP contribution in [0, 0.1) is 23.2 Å². The van der Waals surface area contributed by atoms with Crippen LogP contribution in [0.1, 0.15) is 44.1 Å². The monoisotopic (exact) mass is 442 g/mol. The van der Waals surface area contributed by atoms with E-state index < -0.39 is 0 Å². The molecule has 0 unspecified atom stereocenters. The molecule has 1 heterocycles. The summed E-state index contributed by atoms with van der Waals surface area (Å²) in [6, 6.07) is 10.2. The fraction of sp³-hybridized carbons (Fsp3) is 0.545. The number of thioether (sulfide) groups is 1. The summed E-state index contributed by atoms with van der Waals surface area (Å²) in [5.41, 5.74) is 0.995. The number of amides is 2. The highest BCUT2D eigenvalue weighted by Crippen LogP contribution is 2.60. The van der Waals surface area contributed by atoms with Crippen molar-refractivity contribution >= 4 is 40.0 Å². The third-order valence-corrected chi connectivity index (χ3v) is 8.83. The lowest BCUT2D eigenvalue weighted by Gasteiger charge is -2.55. The van der Waals surface area contributed by atoms with Gasteiger partial charge in [0.2, 0.25) is 16.9 Å². The molecule has 2 amide bonds. The minimum Gasteiger partial charge on any atom is -0.347 e. The van der Waals surface area contributed by atoms with Gasteiger partial charge in [0.05, 0.1) is 6.54 Å². The summed E-state index contributed by atoms with van der Waals surface area (Å²) in [6.45, 7) is -0.00729. The first-order chi connectivity index (χ1) is 14.6. The van der Waals surface area contributed by atoms with Gasteiger partial charge in [-0.15, -0.1) is 10.2 Å². The molecule has 1 aromatic carbocycles. The first-order valence-electron chi connectivity index (χ1n) is 10.7. The van der Waals surface area contributed by atoms with E-state index in [1.54, 1.807) is 11.8 Å². The molecule has 2 aromatic rings. The highest BCUT2D eigenvalue weighted by atomic mass is 32.2. The molecule has 0 aliphatic heterocycles. The number of hydrogen-bond acceptors (Lipinski definition) is 6. The van der Waals surface area contributed by atoms with Crippen molar-refractivity contribution in [2.45, 2.75) is 48.6 Å². The second kappa shape index (κ2) is 8.30. The lowest BCUT2D eigenvalue weighted by molar-refractivity contribution is -0.146. The van der Waals surface area contributed by atoms with Crippen LogP contribution in [0.2, 0.25) is 0 Å². The van der Waals surface area contributed by atoms with E-state index in [9.17, 15) is 9.59 Å². The number of benzene rings is 1. The molecule has 0 spiro atoms. The molecule has 8 heteroatoms. The molecule has 30 heavy (non-hydrogen) atoms. The first kappa shape index (κ1) is 20.0. The van der Waals surface area contributed by atoms with Gasteiger partial charge in [-0.25, -0.2) is 0 Å². The topological polar surface area (TPSA) is 84.0 Å². The smallest absolute Gasteiger partial charge is 0.245 e. The summed E-state index contributed by atoms with van der Waals surface area (Å²) in [4.78, 5) is 25.3.